The fraction of sp³-hybridized carbons (Fsp3) is 0. The second-order valence-electron chi connectivity index (χ2n) is 2.64. The Hall–Kier alpha value is -1.68. The SMILES string of the molecule is Cl.NC(=O)c1cnnc2ccccc12. The van der Waals surface area contributed by atoms with Gasteiger partial charge in [0.1, 0.15) is 0 Å². The van der Waals surface area contributed by atoms with Crippen LogP contribution in [0.5, 0.6) is 0 Å². The summed E-state index contributed by atoms with van der Waals surface area (Å²) in [5, 5.41) is 8.29. The van der Waals surface area contributed by atoms with Crippen molar-refractivity contribution >= 4 is 29.2 Å². The topological polar surface area (TPSA) is 68.9 Å². The molecule has 0 unspecified atom stereocenters. The molecule has 0 aliphatic carbocycles. The molecule has 0 bridgehead atoms. The van der Waals surface area contributed by atoms with Crippen LogP contribution in [0.25, 0.3) is 10.9 Å². The summed E-state index contributed by atoms with van der Waals surface area (Å²) in [6.07, 6.45) is 1.38. The molecule has 14 heavy (non-hydrogen) atoms. The molecule has 2 N–H and O–H groups in total. The Labute approximate surface area is 86.5 Å². The lowest BCUT2D eigenvalue weighted by Gasteiger charge is -1.99. The first-order chi connectivity index (χ1) is 6.29. The second-order valence-corrected chi connectivity index (χ2v) is 2.64. The lowest BCUT2D eigenvalue weighted by Crippen LogP contribution is -2.12. The predicted molar refractivity (Wildman–Crippen MR) is 55.3 cm³/mol. The summed E-state index contributed by atoms with van der Waals surface area (Å²) in [5.41, 5.74) is 6.26. The maximum atomic E-state index is 11.0. The van der Waals surface area contributed by atoms with E-state index < -0.39 is 5.91 Å². The number of carbonyl (C=O) groups excluding carboxylic acids is 1. The molecular formula is C9H8ClN3O. The van der Waals surface area contributed by atoms with E-state index in [0.29, 0.717) is 11.1 Å². The van der Waals surface area contributed by atoms with Crippen LogP contribution in [0.1, 0.15) is 10.4 Å². The number of nitrogens with zero attached hydrogens (tertiary/aromatic N) is 2. The molecule has 72 valence electrons. The first-order valence-electron chi connectivity index (χ1n) is 3.79. The normalized spacial score (nSPS) is 9.43. The number of fused-ring (bicyclic) bond motifs is 1. The molecule has 0 saturated carbocycles. The van der Waals surface area contributed by atoms with Crippen LogP contribution < -0.4 is 5.73 Å². The molecule has 0 atom stereocenters. The largest absolute Gasteiger partial charge is 0.366 e. The van der Waals surface area contributed by atoms with E-state index in [-0.39, 0.29) is 12.4 Å². The van der Waals surface area contributed by atoms with Crippen molar-refractivity contribution in [2.45, 2.75) is 0 Å². The van der Waals surface area contributed by atoms with E-state index in [2.05, 4.69) is 10.2 Å². The van der Waals surface area contributed by atoms with Crippen LogP contribution >= 0.6 is 12.4 Å². The van der Waals surface area contributed by atoms with Crippen molar-refractivity contribution in [1.82, 2.24) is 10.2 Å². The van der Waals surface area contributed by atoms with Gasteiger partial charge in [0, 0.05) is 5.39 Å². The van der Waals surface area contributed by atoms with Gasteiger partial charge in [0.2, 0.25) is 0 Å². The van der Waals surface area contributed by atoms with E-state index in [0.717, 1.165) is 5.39 Å². The summed E-state index contributed by atoms with van der Waals surface area (Å²) in [5.74, 6) is -0.480. The molecule has 1 heterocycles. The molecule has 0 radical (unpaired) electrons. The third-order valence-corrected chi connectivity index (χ3v) is 1.81. The highest BCUT2D eigenvalue weighted by atomic mass is 35.5. The van der Waals surface area contributed by atoms with Crippen molar-refractivity contribution in [1.29, 1.82) is 0 Å². The molecule has 1 aromatic carbocycles. The third-order valence-electron chi connectivity index (χ3n) is 1.81. The zero-order valence-corrected chi connectivity index (χ0v) is 7.99. The van der Waals surface area contributed by atoms with Crippen LogP contribution in [0.2, 0.25) is 0 Å². The highest BCUT2D eigenvalue weighted by Crippen LogP contribution is 2.13. The molecular weight excluding hydrogens is 202 g/mol. The molecule has 0 spiro atoms. The quantitative estimate of drug-likeness (QED) is 0.766. The Morgan fingerprint density at radius 3 is 2.71 bits per heavy atom. The maximum absolute atomic E-state index is 11.0. The molecule has 4 nitrogen and oxygen atoms in total. The number of aromatic nitrogens is 2. The number of amides is 1. The van der Waals surface area contributed by atoms with E-state index in [1.807, 2.05) is 12.1 Å². The number of halogens is 1. The average molecular weight is 210 g/mol. The molecule has 2 rings (SSSR count). The molecule has 5 heteroatoms. The zero-order valence-electron chi connectivity index (χ0n) is 7.18. The van der Waals surface area contributed by atoms with Gasteiger partial charge in [-0.1, -0.05) is 18.2 Å². The molecule has 0 fully saturated rings. The monoisotopic (exact) mass is 209 g/mol. The molecule has 0 aliphatic rings. The summed E-state index contributed by atoms with van der Waals surface area (Å²) in [4.78, 5) is 11.0. The molecule has 0 saturated heterocycles. The van der Waals surface area contributed by atoms with Crippen LogP contribution in [0.15, 0.2) is 30.5 Å². The maximum Gasteiger partial charge on any atom is 0.251 e. The van der Waals surface area contributed by atoms with E-state index in [4.69, 9.17) is 5.73 Å². The van der Waals surface area contributed by atoms with Crippen LogP contribution in [0, 0.1) is 0 Å². The number of carbonyl (C=O) groups is 1. The standard InChI is InChI=1S/C9H7N3O.ClH/c10-9(13)7-5-11-12-8-4-2-1-3-6(7)8;/h1-5H,(H2,10,13);1H. The van der Waals surface area contributed by atoms with Gasteiger partial charge in [0.25, 0.3) is 5.91 Å². The Bertz CT molecular complexity index is 467. The third kappa shape index (κ3) is 1.65. The van der Waals surface area contributed by atoms with Crippen LogP contribution in [0.3, 0.4) is 0 Å². The smallest absolute Gasteiger partial charge is 0.251 e. The van der Waals surface area contributed by atoms with Gasteiger partial charge in [-0.2, -0.15) is 10.2 Å². The Kier molecular flexibility index (Phi) is 2.99. The number of primary amides is 1. The second kappa shape index (κ2) is 4.02. The van der Waals surface area contributed by atoms with Crippen LogP contribution in [0.4, 0.5) is 0 Å². The first kappa shape index (κ1) is 10.4. The summed E-state index contributed by atoms with van der Waals surface area (Å²) in [7, 11) is 0. The van der Waals surface area contributed by atoms with Crippen LogP contribution in [-0.2, 0) is 0 Å². The fourth-order valence-electron chi connectivity index (χ4n) is 1.20. The van der Waals surface area contributed by atoms with E-state index in [9.17, 15) is 4.79 Å². The lowest BCUT2D eigenvalue weighted by molar-refractivity contribution is 0.100. The van der Waals surface area contributed by atoms with Gasteiger partial charge >= 0.3 is 0 Å². The molecule has 2 aromatic rings. The van der Waals surface area contributed by atoms with E-state index in [1.165, 1.54) is 6.20 Å². The summed E-state index contributed by atoms with van der Waals surface area (Å²) in [6.45, 7) is 0. The average Bonchev–Trinajstić information content (AvgIpc) is 2.17. The minimum Gasteiger partial charge on any atom is -0.366 e. The van der Waals surface area contributed by atoms with Crippen molar-refractivity contribution in [3.63, 3.8) is 0 Å². The highest BCUT2D eigenvalue weighted by Gasteiger charge is 2.06. The minimum atomic E-state index is -0.480. The number of benzene rings is 1. The highest BCUT2D eigenvalue weighted by molar-refractivity contribution is 6.04. The number of hydrogen-bond acceptors (Lipinski definition) is 3. The number of rotatable bonds is 1. The van der Waals surface area contributed by atoms with Crippen molar-refractivity contribution in [2.24, 2.45) is 5.73 Å². The lowest BCUT2D eigenvalue weighted by atomic mass is 10.1. The van der Waals surface area contributed by atoms with Crippen molar-refractivity contribution < 1.29 is 4.79 Å². The van der Waals surface area contributed by atoms with Gasteiger partial charge in [-0.3, -0.25) is 4.79 Å². The van der Waals surface area contributed by atoms with Gasteiger partial charge in [-0.05, 0) is 6.07 Å². The van der Waals surface area contributed by atoms with Crippen molar-refractivity contribution in [3.8, 4) is 0 Å². The summed E-state index contributed by atoms with van der Waals surface area (Å²) >= 11 is 0. The van der Waals surface area contributed by atoms with Crippen LogP contribution in [-0.4, -0.2) is 16.1 Å². The predicted octanol–water partition coefficient (Wildman–Crippen LogP) is 1.15. The van der Waals surface area contributed by atoms with Crippen molar-refractivity contribution in [2.75, 3.05) is 0 Å². The van der Waals surface area contributed by atoms with E-state index in [1.54, 1.807) is 12.1 Å². The fourth-order valence-corrected chi connectivity index (χ4v) is 1.20. The minimum absolute atomic E-state index is 0. The molecule has 1 amide bonds. The Balaban J connectivity index is 0.000000980. The Morgan fingerprint density at radius 1 is 1.29 bits per heavy atom. The van der Waals surface area contributed by atoms with E-state index >= 15 is 0 Å². The molecule has 1 aromatic heterocycles. The van der Waals surface area contributed by atoms with Gasteiger partial charge in [0.05, 0.1) is 17.3 Å². The number of hydrogen-bond donors (Lipinski definition) is 1. The van der Waals surface area contributed by atoms with Crippen molar-refractivity contribution in [3.05, 3.63) is 36.0 Å². The summed E-state index contributed by atoms with van der Waals surface area (Å²) in [6, 6.07) is 7.25. The number of nitrogens with two attached hydrogens (primary N) is 1. The zero-order chi connectivity index (χ0) is 9.26. The summed E-state index contributed by atoms with van der Waals surface area (Å²) < 4.78 is 0. The first-order valence-corrected chi connectivity index (χ1v) is 3.79. The van der Waals surface area contributed by atoms with Gasteiger partial charge in [-0.25, -0.2) is 0 Å². The van der Waals surface area contributed by atoms with Gasteiger partial charge in [0.15, 0.2) is 0 Å². The molecule has 0 aliphatic heterocycles. The Morgan fingerprint density at radius 2 is 2.00 bits per heavy atom. The van der Waals surface area contributed by atoms with Gasteiger partial charge < -0.3 is 5.73 Å². The van der Waals surface area contributed by atoms with Gasteiger partial charge in [-0.15, -0.1) is 12.4 Å².